The number of carbonyl (C=O) groups excluding carboxylic acids is 1. The van der Waals surface area contributed by atoms with Crippen molar-refractivity contribution in [2.45, 2.75) is 18.9 Å². The quantitative estimate of drug-likeness (QED) is 0.592. The monoisotopic (exact) mass is 437 g/mol. The maximum absolute atomic E-state index is 13.0. The molecule has 0 spiro atoms. The molecule has 6 heteroatoms. The molecule has 1 unspecified atom stereocenters. The van der Waals surface area contributed by atoms with Crippen LogP contribution in [0.15, 0.2) is 66.7 Å². The average molecular weight is 438 g/mol. The Morgan fingerprint density at radius 1 is 1.03 bits per heavy atom. The second-order valence-electron chi connectivity index (χ2n) is 7.32. The molecule has 0 aromatic heterocycles. The summed E-state index contributed by atoms with van der Waals surface area (Å²) in [4.78, 5) is 13.0. The Bertz CT molecular complexity index is 1040. The minimum Gasteiger partial charge on any atom is -0.497 e. The Morgan fingerprint density at radius 2 is 1.74 bits per heavy atom. The highest BCUT2D eigenvalue weighted by atomic mass is 35.5. The van der Waals surface area contributed by atoms with E-state index in [9.17, 15) is 4.79 Å². The molecule has 160 valence electrons. The van der Waals surface area contributed by atoms with Crippen molar-refractivity contribution in [3.63, 3.8) is 0 Å². The van der Waals surface area contributed by atoms with Crippen molar-refractivity contribution in [2.24, 2.45) is 0 Å². The lowest BCUT2D eigenvalue weighted by molar-refractivity contribution is -0.120. The third-order valence-electron chi connectivity index (χ3n) is 5.11. The van der Waals surface area contributed by atoms with Gasteiger partial charge in [0.2, 0.25) is 5.91 Å². The number of rotatable bonds is 6. The van der Waals surface area contributed by atoms with E-state index in [2.05, 4.69) is 5.32 Å². The Morgan fingerprint density at radius 3 is 2.48 bits per heavy atom. The van der Waals surface area contributed by atoms with Crippen LogP contribution in [0.2, 0.25) is 5.02 Å². The lowest BCUT2D eigenvalue weighted by Crippen LogP contribution is -2.30. The van der Waals surface area contributed by atoms with Crippen LogP contribution in [0.4, 0.5) is 0 Å². The summed E-state index contributed by atoms with van der Waals surface area (Å²) in [7, 11) is 1.63. The molecule has 1 heterocycles. The minimum atomic E-state index is -0.282. The van der Waals surface area contributed by atoms with Crippen molar-refractivity contribution in [3.8, 4) is 17.2 Å². The number of methoxy groups -OCH3 is 1. The fraction of sp³-hybridized carbons (Fsp3) is 0.240. The van der Waals surface area contributed by atoms with Crippen molar-refractivity contribution in [1.29, 1.82) is 0 Å². The van der Waals surface area contributed by atoms with Crippen LogP contribution in [0.1, 0.15) is 29.2 Å². The van der Waals surface area contributed by atoms with Crippen LogP contribution >= 0.6 is 11.6 Å². The number of ether oxygens (including phenoxy) is 3. The van der Waals surface area contributed by atoms with Crippen LogP contribution in [0.3, 0.4) is 0 Å². The van der Waals surface area contributed by atoms with E-state index in [4.69, 9.17) is 25.8 Å². The van der Waals surface area contributed by atoms with Crippen molar-refractivity contribution >= 4 is 17.5 Å². The van der Waals surface area contributed by atoms with E-state index < -0.39 is 0 Å². The molecule has 0 bridgehead atoms. The van der Waals surface area contributed by atoms with Gasteiger partial charge in [-0.1, -0.05) is 54.1 Å². The van der Waals surface area contributed by atoms with Gasteiger partial charge >= 0.3 is 0 Å². The first-order valence-corrected chi connectivity index (χ1v) is 10.6. The number of halogens is 1. The molecular formula is C25H24ClNO4. The first kappa shape index (κ1) is 21.1. The summed E-state index contributed by atoms with van der Waals surface area (Å²) >= 11 is 6.38. The van der Waals surface area contributed by atoms with Crippen LogP contribution in [0.5, 0.6) is 17.2 Å². The van der Waals surface area contributed by atoms with Gasteiger partial charge in [0, 0.05) is 6.42 Å². The van der Waals surface area contributed by atoms with Crippen LogP contribution in [0, 0.1) is 0 Å². The van der Waals surface area contributed by atoms with E-state index in [1.807, 2.05) is 60.7 Å². The molecule has 1 atom stereocenters. The van der Waals surface area contributed by atoms with Gasteiger partial charge in [0.05, 0.1) is 37.8 Å². The van der Waals surface area contributed by atoms with E-state index >= 15 is 0 Å². The Balaban J connectivity index is 1.55. The van der Waals surface area contributed by atoms with E-state index in [1.165, 1.54) is 0 Å². The number of carbonyl (C=O) groups is 1. The lowest BCUT2D eigenvalue weighted by Gasteiger charge is -2.20. The molecule has 1 amide bonds. The molecule has 0 radical (unpaired) electrons. The second kappa shape index (κ2) is 9.75. The Hall–Kier alpha value is -3.18. The summed E-state index contributed by atoms with van der Waals surface area (Å²) in [5.74, 6) is 1.78. The number of fused-ring (bicyclic) bond motifs is 1. The summed E-state index contributed by atoms with van der Waals surface area (Å²) < 4.78 is 16.7. The normalized spacial score (nSPS) is 13.7. The SMILES string of the molecule is COc1ccc(C(NC(=O)Cc2cc(Cl)c3c(c2)OCCCO3)c2ccccc2)cc1. The van der Waals surface area contributed by atoms with Gasteiger partial charge in [-0.3, -0.25) is 4.79 Å². The highest BCUT2D eigenvalue weighted by molar-refractivity contribution is 6.32. The van der Waals surface area contributed by atoms with Crippen molar-refractivity contribution in [2.75, 3.05) is 20.3 Å². The Kier molecular flexibility index (Phi) is 6.63. The number of hydrogen-bond acceptors (Lipinski definition) is 4. The van der Waals surface area contributed by atoms with Crippen molar-refractivity contribution in [1.82, 2.24) is 5.32 Å². The molecule has 31 heavy (non-hydrogen) atoms. The Labute approximate surface area is 186 Å². The molecule has 0 saturated heterocycles. The van der Waals surface area contributed by atoms with Crippen molar-refractivity contribution < 1.29 is 19.0 Å². The standard InChI is InChI=1S/C25H24ClNO4/c1-29-20-10-8-19(9-11-20)24(18-6-3-2-4-7-18)27-23(28)16-17-14-21(26)25-22(15-17)30-12-5-13-31-25/h2-4,6-11,14-15,24H,5,12-13,16H2,1H3,(H,27,28). The van der Waals surface area contributed by atoms with Crippen molar-refractivity contribution in [3.05, 3.63) is 88.4 Å². The molecule has 5 nitrogen and oxygen atoms in total. The van der Waals surface area contributed by atoms with Gasteiger partial charge in [-0.25, -0.2) is 0 Å². The van der Waals surface area contributed by atoms with E-state index in [0.717, 1.165) is 28.9 Å². The number of hydrogen-bond donors (Lipinski definition) is 1. The van der Waals surface area contributed by atoms with Crippen LogP contribution in [-0.4, -0.2) is 26.2 Å². The van der Waals surface area contributed by atoms with Gasteiger partial charge in [0.1, 0.15) is 5.75 Å². The summed E-state index contributed by atoms with van der Waals surface area (Å²) in [5.41, 5.74) is 2.74. The fourth-order valence-corrected chi connectivity index (χ4v) is 3.87. The smallest absolute Gasteiger partial charge is 0.225 e. The van der Waals surface area contributed by atoms with E-state index in [-0.39, 0.29) is 18.4 Å². The first-order chi connectivity index (χ1) is 15.1. The van der Waals surface area contributed by atoms with Gasteiger partial charge in [-0.05, 0) is 41.0 Å². The van der Waals surface area contributed by atoms with Gasteiger partial charge < -0.3 is 19.5 Å². The van der Waals surface area contributed by atoms with Gasteiger partial charge in [-0.2, -0.15) is 0 Å². The highest BCUT2D eigenvalue weighted by Gasteiger charge is 2.20. The second-order valence-corrected chi connectivity index (χ2v) is 7.72. The first-order valence-electron chi connectivity index (χ1n) is 10.2. The van der Waals surface area contributed by atoms with Crippen LogP contribution in [-0.2, 0) is 11.2 Å². The molecule has 0 aliphatic carbocycles. The van der Waals surface area contributed by atoms with Gasteiger partial charge in [0.25, 0.3) is 0 Å². The van der Waals surface area contributed by atoms with Crippen LogP contribution in [0.25, 0.3) is 0 Å². The third-order valence-corrected chi connectivity index (χ3v) is 5.39. The molecule has 0 fully saturated rings. The topological polar surface area (TPSA) is 56.8 Å². The highest BCUT2D eigenvalue weighted by Crippen LogP contribution is 2.38. The summed E-state index contributed by atoms with van der Waals surface area (Å²) in [5, 5.41) is 3.61. The van der Waals surface area contributed by atoms with Gasteiger partial charge in [-0.15, -0.1) is 0 Å². The summed E-state index contributed by atoms with van der Waals surface area (Å²) in [6, 6.07) is 20.9. The molecule has 1 aliphatic heterocycles. The fourth-order valence-electron chi connectivity index (χ4n) is 3.58. The molecule has 3 aromatic carbocycles. The van der Waals surface area contributed by atoms with Crippen LogP contribution < -0.4 is 19.5 Å². The summed E-state index contributed by atoms with van der Waals surface area (Å²) in [6.07, 6.45) is 0.970. The van der Waals surface area contributed by atoms with E-state index in [0.29, 0.717) is 29.7 Å². The maximum Gasteiger partial charge on any atom is 0.225 e. The number of benzene rings is 3. The molecule has 4 rings (SSSR count). The molecule has 1 N–H and O–H groups in total. The zero-order chi connectivity index (χ0) is 21.6. The lowest BCUT2D eigenvalue weighted by atomic mass is 9.98. The number of amides is 1. The number of nitrogens with one attached hydrogen (secondary N) is 1. The minimum absolute atomic E-state index is 0.116. The zero-order valence-electron chi connectivity index (χ0n) is 17.3. The maximum atomic E-state index is 13.0. The molecule has 0 saturated carbocycles. The molecule has 3 aromatic rings. The molecular weight excluding hydrogens is 414 g/mol. The summed E-state index contributed by atoms with van der Waals surface area (Å²) in [6.45, 7) is 1.12. The average Bonchev–Trinajstić information content (AvgIpc) is 3.04. The third kappa shape index (κ3) is 5.12. The predicted molar refractivity (Wildman–Crippen MR) is 120 cm³/mol. The van der Waals surface area contributed by atoms with Gasteiger partial charge in [0.15, 0.2) is 11.5 Å². The predicted octanol–water partition coefficient (Wildman–Crippen LogP) is 4.96. The zero-order valence-corrected chi connectivity index (χ0v) is 18.0. The van der Waals surface area contributed by atoms with E-state index in [1.54, 1.807) is 13.2 Å². The largest absolute Gasteiger partial charge is 0.497 e. The molecule has 1 aliphatic rings.